The maximum atomic E-state index is 12.0. The monoisotopic (exact) mass is 282 g/mol. The van der Waals surface area contributed by atoms with Gasteiger partial charge in [0.05, 0.1) is 5.56 Å². The van der Waals surface area contributed by atoms with Crippen LogP contribution in [0.15, 0.2) is 40.8 Å². The van der Waals surface area contributed by atoms with E-state index in [-0.39, 0.29) is 12.5 Å². The Morgan fingerprint density at radius 1 is 1.29 bits per heavy atom. The molecule has 0 N–H and O–H groups in total. The van der Waals surface area contributed by atoms with E-state index >= 15 is 0 Å². The van der Waals surface area contributed by atoms with Crippen molar-refractivity contribution < 1.29 is 13.9 Å². The molecule has 1 aromatic heterocycles. The Kier molecular flexibility index (Phi) is 3.61. The van der Waals surface area contributed by atoms with Gasteiger partial charge in [0.2, 0.25) is 0 Å². The fraction of sp³-hybridized carbons (Fsp3) is 0.250. The van der Waals surface area contributed by atoms with E-state index in [1.807, 2.05) is 0 Å². The number of hydrogen-bond acceptors (Lipinski definition) is 4. The average Bonchev–Trinajstić information content (AvgIpc) is 2.92. The van der Waals surface area contributed by atoms with Crippen molar-refractivity contribution in [3.63, 3.8) is 0 Å². The molecule has 1 aliphatic heterocycles. The number of nitriles is 1. The Bertz CT molecular complexity index is 696. The molecule has 5 nitrogen and oxygen atoms in total. The largest absolute Gasteiger partial charge is 0.484 e. The van der Waals surface area contributed by atoms with Gasteiger partial charge in [0.25, 0.3) is 5.91 Å². The Hall–Kier alpha value is -2.74. The van der Waals surface area contributed by atoms with E-state index in [0.29, 0.717) is 22.8 Å². The minimum Gasteiger partial charge on any atom is -0.484 e. The molecule has 21 heavy (non-hydrogen) atoms. The number of carbonyl (C=O) groups excluding carboxylic acids is 1. The van der Waals surface area contributed by atoms with Crippen LogP contribution < -0.4 is 4.74 Å². The molecule has 1 amide bonds. The van der Waals surface area contributed by atoms with Crippen molar-refractivity contribution in [1.29, 1.82) is 5.26 Å². The molecule has 1 aromatic carbocycles. The molecular formula is C16H14N2O3. The number of carbonyl (C=O) groups is 1. The summed E-state index contributed by atoms with van der Waals surface area (Å²) in [6, 6.07) is 12.5. The van der Waals surface area contributed by atoms with Gasteiger partial charge in [0.15, 0.2) is 5.76 Å². The van der Waals surface area contributed by atoms with Gasteiger partial charge < -0.3 is 14.1 Å². The van der Waals surface area contributed by atoms with Crippen molar-refractivity contribution in [2.75, 3.05) is 13.1 Å². The third-order valence-corrected chi connectivity index (χ3v) is 3.39. The van der Waals surface area contributed by atoms with Crippen LogP contribution in [-0.4, -0.2) is 23.9 Å². The fourth-order valence-electron chi connectivity index (χ4n) is 2.08. The standard InChI is InChI=1S/C16H14N2O3/c17-10-12-4-1-2-5-14(12)20-11-13-6-7-15(21-13)16(19)18-8-3-9-18/h1-2,4-7H,3,8-9,11H2. The number of para-hydroxylation sites is 1. The molecule has 106 valence electrons. The molecule has 3 rings (SSSR count). The molecule has 0 atom stereocenters. The van der Waals surface area contributed by atoms with Crippen LogP contribution in [0.25, 0.3) is 0 Å². The van der Waals surface area contributed by atoms with Gasteiger partial charge in [-0.25, -0.2) is 0 Å². The van der Waals surface area contributed by atoms with Crippen LogP contribution in [0.3, 0.4) is 0 Å². The molecule has 0 unspecified atom stereocenters. The summed E-state index contributed by atoms with van der Waals surface area (Å²) in [4.78, 5) is 13.7. The second kappa shape index (κ2) is 5.71. The Balaban J connectivity index is 1.65. The van der Waals surface area contributed by atoms with Crippen molar-refractivity contribution in [3.8, 4) is 11.8 Å². The number of ether oxygens (including phenoxy) is 1. The molecule has 5 heteroatoms. The van der Waals surface area contributed by atoms with E-state index in [1.54, 1.807) is 41.3 Å². The number of likely N-dealkylation sites (tertiary alicyclic amines) is 1. The molecule has 0 saturated carbocycles. The molecule has 0 bridgehead atoms. The number of amides is 1. The van der Waals surface area contributed by atoms with Crippen LogP contribution in [0.4, 0.5) is 0 Å². The lowest BCUT2D eigenvalue weighted by Gasteiger charge is -2.29. The van der Waals surface area contributed by atoms with Gasteiger partial charge in [-0.2, -0.15) is 5.26 Å². The SMILES string of the molecule is N#Cc1ccccc1OCc1ccc(C(=O)N2CCC2)o1. The summed E-state index contributed by atoms with van der Waals surface area (Å²) in [5.41, 5.74) is 0.473. The zero-order valence-electron chi connectivity index (χ0n) is 11.4. The first-order chi connectivity index (χ1) is 10.3. The highest BCUT2D eigenvalue weighted by atomic mass is 16.5. The summed E-state index contributed by atoms with van der Waals surface area (Å²) in [6.45, 7) is 1.77. The van der Waals surface area contributed by atoms with E-state index in [9.17, 15) is 4.79 Å². The van der Waals surface area contributed by atoms with Crippen LogP contribution in [0.5, 0.6) is 5.75 Å². The fourth-order valence-corrected chi connectivity index (χ4v) is 2.08. The van der Waals surface area contributed by atoms with Crippen LogP contribution in [0, 0.1) is 11.3 Å². The molecule has 1 saturated heterocycles. The molecule has 2 aromatic rings. The quantitative estimate of drug-likeness (QED) is 0.864. The van der Waals surface area contributed by atoms with Crippen molar-refractivity contribution >= 4 is 5.91 Å². The third kappa shape index (κ3) is 2.75. The normalized spacial score (nSPS) is 13.4. The summed E-state index contributed by atoms with van der Waals surface area (Å²) < 4.78 is 11.1. The van der Waals surface area contributed by atoms with Gasteiger partial charge in [-0.05, 0) is 30.7 Å². The van der Waals surface area contributed by atoms with Crippen LogP contribution >= 0.6 is 0 Å². The van der Waals surface area contributed by atoms with E-state index in [0.717, 1.165) is 19.5 Å². The second-order valence-corrected chi connectivity index (χ2v) is 4.81. The van der Waals surface area contributed by atoms with E-state index in [1.165, 1.54) is 0 Å². The zero-order valence-corrected chi connectivity index (χ0v) is 11.4. The molecule has 0 spiro atoms. The highest BCUT2D eigenvalue weighted by molar-refractivity contribution is 5.92. The van der Waals surface area contributed by atoms with Crippen molar-refractivity contribution in [2.24, 2.45) is 0 Å². The number of furan rings is 1. The zero-order chi connectivity index (χ0) is 14.7. The van der Waals surface area contributed by atoms with Gasteiger partial charge in [-0.1, -0.05) is 12.1 Å². The van der Waals surface area contributed by atoms with Crippen LogP contribution in [0.2, 0.25) is 0 Å². The molecule has 1 aliphatic rings. The molecule has 0 radical (unpaired) electrons. The van der Waals surface area contributed by atoms with Crippen molar-refractivity contribution in [2.45, 2.75) is 13.0 Å². The van der Waals surface area contributed by atoms with Crippen LogP contribution in [-0.2, 0) is 6.61 Å². The lowest BCUT2D eigenvalue weighted by molar-refractivity contribution is 0.0615. The van der Waals surface area contributed by atoms with E-state index in [2.05, 4.69) is 6.07 Å². The summed E-state index contributed by atoms with van der Waals surface area (Å²) >= 11 is 0. The van der Waals surface area contributed by atoms with E-state index < -0.39 is 0 Å². The second-order valence-electron chi connectivity index (χ2n) is 4.81. The number of nitrogens with zero attached hydrogens (tertiary/aromatic N) is 2. The van der Waals surface area contributed by atoms with E-state index in [4.69, 9.17) is 14.4 Å². The number of benzene rings is 1. The van der Waals surface area contributed by atoms with Gasteiger partial charge in [0.1, 0.15) is 24.2 Å². The van der Waals surface area contributed by atoms with Crippen LogP contribution in [0.1, 0.15) is 28.3 Å². The first-order valence-electron chi connectivity index (χ1n) is 6.78. The van der Waals surface area contributed by atoms with Crippen molar-refractivity contribution in [1.82, 2.24) is 4.90 Å². The first kappa shape index (κ1) is 13.3. The molecule has 1 fully saturated rings. The predicted octanol–water partition coefficient (Wildman–Crippen LogP) is 2.58. The summed E-state index contributed by atoms with van der Waals surface area (Å²) in [6.07, 6.45) is 1.05. The minimum absolute atomic E-state index is 0.0788. The minimum atomic E-state index is -0.0788. The predicted molar refractivity (Wildman–Crippen MR) is 74.7 cm³/mol. The smallest absolute Gasteiger partial charge is 0.289 e. The van der Waals surface area contributed by atoms with Gasteiger partial charge in [0, 0.05) is 13.1 Å². The third-order valence-electron chi connectivity index (χ3n) is 3.39. The Morgan fingerprint density at radius 2 is 2.10 bits per heavy atom. The summed E-state index contributed by atoms with van der Waals surface area (Å²) in [7, 11) is 0. The topological polar surface area (TPSA) is 66.5 Å². The number of rotatable bonds is 4. The summed E-state index contributed by atoms with van der Waals surface area (Å²) in [5.74, 6) is 1.32. The highest BCUT2D eigenvalue weighted by Gasteiger charge is 2.24. The lowest BCUT2D eigenvalue weighted by Crippen LogP contribution is -2.41. The van der Waals surface area contributed by atoms with Crippen molar-refractivity contribution in [3.05, 3.63) is 53.5 Å². The maximum Gasteiger partial charge on any atom is 0.289 e. The first-order valence-corrected chi connectivity index (χ1v) is 6.78. The molecule has 0 aliphatic carbocycles. The number of hydrogen-bond donors (Lipinski definition) is 0. The molecule has 2 heterocycles. The van der Waals surface area contributed by atoms with Gasteiger partial charge in [-0.15, -0.1) is 0 Å². The average molecular weight is 282 g/mol. The Morgan fingerprint density at radius 3 is 2.81 bits per heavy atom. The van der Waals surface area contributed by atoms with Gasteiger partial charge >= 0.3 is 0 Å². The lowest BCUT2D eigenvalue weighted by atomic mass is 10.2. The maximum absolute atomic E-state index is 12.0. The highest BCUT2D eigenvalue weighted by Crippen LogP contribution is 2.20. The molecular weight excluding hydrogens is 268 g/mol. The Labute approximate surface area is 122 Å². The summed E-state index contributed by atoms with van der Waals surface area (Å²) in [5, 5.41) is 8.98. The van der Waals surface area contributed by atoms with Gasteiger partial charge in [-0.3, -0.25) is 4.79 Å².